The molecule has 1 aliphatic heterocycles. The number of carbonyl (C=O) groups is 3. The van der Waals surface area contributed by atoms with E-state index in [0.717, 1.165) is 12.8 Å². The molecule has 0 aromatic carbocycles. The van der Waals surface area contributed by atoms with Gasteiger partial charge in [0.15, 0.2) is 10.9 Å². The quantitative estimate of drug-likeness (QED) is 0.759. The van der Waals surface area contributed by atoms with Crippen molar-refractivity contribution >= 4 is 34.3 Å². The Morgan fingerprint density at radius 3 is 3.04 bits per heavy atom. The minimum Gasteiger partial charge on any atom is -0.466 e. The second-order valence-electron chi connectivity index (χ2n) is 6.18. The Morgan fingerprint density at radius 2 is 2.30 bits per heavy atom. The van der Waals surface area contributed by atoms with E-state index in [0.29, 0.717) is 30.5 Å². The Morgan fingerprint density at radius 1 is 1.44 bits per heavy atom. The number of anilines is 1. The summed E-state index contributed by atoms with van der Waals surface area (Å²) >= 11 is 1.25. The van der Waals surface area contributed by atoms with Gasteiger partial charge in [-0.1, -0.05) is 0 Å². The van der Waals surface area contributed by atoms with E-state index in [9.17, 15) is 14.4 Å². The molecule has 3 heterocycles. The minimum atomic E-state index is -0.388. The number of rotatable bonds is 6. The average Bonchev–Trinajstić information content (AvgIpc) is 3.34. The van der Waals surface area contributed by atoms with Crippen molar-refractivity contribution in [2.75, 3.05) is 25.0 Å². The molecule has 1 unspecified atom stereocenters. The molecule has 1 N–H and O–H groups in total. The van der Waals surface area contributed by atoms with Crippen molar-refractivity contribution in [3.8, 4) is 0 Å². The van der Waals surface area contributed by atoms with Crippen LogP contribution in [0.4, 0.5) is 5.13 Å². The Bertz CT molecular complexity index is 802. The molecule has 144 valence electrons. The highest BCUT2D eigenvalue weighted by atomic mass is 32.1. The first-order chi connectivity index (χ1) is 13.1. The maximum Gasteiger partial charge on any atom is 0.310 e. The molecule has 1 fully saturated rings. The number of furan rings is 1. The number of ether oxygens (including phenoxy) is 1. The molecule has 0 bridgehead atoms. The molecular weight excluding hydrogens is 370 g/mol. The summed E-state index contributed by atoms with van der Waals surface area (Å²) in [7, 11) is 0. The van der Waals surface area contributed by atoms with Gasteiger partial charge in [-0.15, -0.1) is 11.3 Å². The fraction of sp³-hybridized carbons (Fsp3) is 0.444. The van der Waals surface area contributed by atoms with Gasteiger partial charge in [0.25, 0.3) is 5.91 Å². The summed E-state index contributed by atoms with van der Waals surface area (Å²) in [4.78, 5) is 42.4. The number of hydrogen-bond acceptors (Lipinski definition) is 7. The lowest BCUT2D eigenvalue weighted by molar-refractivity contribution is -0.151. The number of amides is 2. The van der Waals surface area contributed by atoms with E-state index in [1.807, 2.05) is 0 Å². The summed E-state index contributed by atoms with van der Waals surface area (Å²) in [6, 6.07) is 3.19. The van der Waals surface area contributed by atoms with Gasteiger partial charge in [-0.2, -0.15) is 0 Å². The van der Waals surface area contributed by atoms with E-state index in [1.165, 1.54) is 17.6 Å². The van der Waals surface area contributed by atoms with Gasteiger partial charge in [0, 0.05) is 18.5 Å². The fourth-order valence-corrected chi connectivity index (χ4v) is 3.64. The molecule has 1 saturated heterocycles. The molecule has 1 aliphatic rings. The molecule has 8 nitrogen and oxygen atoms in total. The largest absolute Gasteiger partial charge is 0.466 e. The molecule has 0 spiro atoms. The van der Waals surface area contributed by atoms with Crippen LogP contribution < -0.4 is 5.32 Å². The number of piperidine rings is 1. The highest BCUT2D eigenvalue weighted by Gasteiger charge is 2.29. The Labute approximate surface area is 160 Å². The summed E-state index contributed by atoms with van der Waals surface area (Å²) in [5.74, 6) is -0.785. The summed E-state index contributed by atoms with van der Waals surface area (Å²) in [6.07, 6.45) is 3.06. The average molecular weight is 391 g/mol. The lowest BCUT2D eigenvalue weighted by Crippen LogP contribution is -2.43. The van der Waals surface area contributed by atoms with Gasteiger partial charge in [0.05, 0.1) is 30.9 Å². The Hall–Kier alpha value is -2.68. The van der Waals surface area contributed by atoms with Gasteiger partial charge in [0.1, 0.15) is 0 Å². The molecule has 1 atom stereocenters. The molecule has 3 rings (SSSR count). The normalized spacial score (nSPS) is 16.8. The van der Waals surface area contributed by atoms with Gasteiger partial charge in [-0.3, -0.25) is 19.7 Å². The molecule has 0 saturated carbocycles. The van der Waals surface area contributed by atoms with Crippen molar-refractivity contribution in [1.29, 1.82) is 0 Å². The van der Waals surface area contributed by atoms with E-state index in [-0.39, 0.29) is 35.9 Å². The van der Waals surface area contributed by atoms with Crippen molar-refractivity contribution in [2.45, 2.75) is 26.2 Å². The zero-order valence-electron chi connectivity index (χ0n) is 15.0. The third-order valence-corrected chi connectivity index (χ3v) is 5.05. The summed E-state index contributed by atoms with van der Waals surface area (Å²) in [5.41, 5.74) is 0.581. The maximum atomic E-state index is 12.5. The van der Waals surface area contributed by atoms with Gasteiger partial charge >= 0.3 is 5.97 Å². The fourth-order valence-electron chi connectivity index (χ4n) is 2.93. The monoisotopic (exact) mass is 391 g/mol. The molecule has 2 aromatic heterocycles. The second kappa shape index (κ2) is 8.81. The van der Waals surface area contributed by atoms with E-state index >= 15 is 0 Å². The first-order valence-electron chi connectivity index (χ1n) is 8.80. The molecule has 2 aromatic rings. The number of aromatic nitrogens is 1. The van der Waals surface area contributed by atoms with Crippen LogP contribution >= 0.6 is 11.3 Å². The van der Waals surface area contributed by atoms with E-state index in [2.05, 4.69) is 10.3 Å². The van der Waals surface area contributed by atoms with Gasteiger partial charge in [-0.05, 0) is 31.9 Å². The zero-order valence-corrected chi connectivity index (χ0v) is 15.8. The first-order valence-corrected chi connectivity index (χ1v) is 9.68. The van der Waals surface area contributed by atoms with E-state index < -0.39 is 0 Å². The van der Waals surface area contributed by atoms with Gasteiger partial charge in [0.2, 0.25) is 5.91 Å². The predicted octanol–water partition coefficient (Wildman–Crippen LogP) is 2.33. The minimum absolute atomic E-state index is 0.0850. The van der Waals surface area contributed by atoms with Crippen LogP contribution in [-0.2, 0) is 20.7 Å². The third kappa shape index (κ3) is 4.94. The number of hydrogen-bond donors (Lipinski definition) is 1. The highest BCUT2D eigenvalue weighted by Crippen LogP contribution is 2.21. The summed E-state index contributed by atoms with van der Waals surface area (Å²) in [6.45, 7) is 3.12. The Balaban J connectivity index is 1.54. The number of esters is 1. The summed E-state index contributed by atoms with van der Waals surface area (Å²) in [5, 5.41) is 4.79. The lowest BCUT2D eigenvalue weighted by Gasteiger charge is -2.31. The van der Waals surface area contributed by atoms with Crippen molar-refractivity contribution in [3.05, 3.63) is 35.2 Å². The predicted molar refractivity (Wildman–Crippen MR) is 98.4 cm³/mol. The van der Waals surface area contributed by atoms with Crippen LogP contribution in [0.25, 0.3) is 0 Å². The lowest BCUT2D eigenvalue weighted by atomic mass is 9.98. The molecule has 2 amide bonds. The Kier molecular flexibility index (Phi) is 6.23. The van der Waals surface area contributed by atoms with Crippen LogP contribution in [-0.4, -0.2) is 47.4 Å². The molecule has 0 aliphatic carbocycles. The molecule has 27 heavy (non-hydrogen) atoms. The summed E-state index contributed by atoms with van der Waals surface area (Å²) < 4.78 is 10.1. The van der Waals surface area contributed by atoms with Gasteiger partial charge < -0.3 is 14.1 Å². The van der Waals surface area contributed by atoms with Crippen molar-refractivity contribution in [3.63, 3.8) is 0 Å². The van der Waals surface area contributed by atoms with Crippen LogP contribution in [0.15, 0.2) is 28.2 Å². The maximum absolute atomic E-state index is 12.5. The standard InChI is InChI=1S/C18H21N3O5S/c1-2-25-17(24)12-5-3-7-21(10-12)15(22)9-13-11-27-18(19-13)20-16(23)14-6-4-8-26-14/h4,6,8,11-12H,2-3,5,7,9-10H2,1H3,(H,19,20,23). The number of nitrogens with zero attached hydrogens (tertiary/aromatic N) is 2. The van der Waals surface area contributed by atoms with Crippen LogP contribution in [0, 0.1) is 5.92 Å². The molecular formula is C18H21N3O5S. The molecule has 0 radical (unpaired) electrons. The van der Waals surface area contributed by atoms with Crippen molar-refractivity contribution < 1.29 is 23.5 Å². The van der Waals surface area contributed by atoms with Crippen molar-refractivity contribution in [1.82, 2.24) is 9.88 Å². The van der Waals surface area contributed by atoms with Gasteiger partial charge in [-0.25, -0.2) is 4.98 Å². The van der Waals surface area contributed by atoms with Crippen LogP contribution in [0.1, 0.15) is 36.0 Å². The smallest absolute Gasteiger partial charge is 0.310 e. The van der Waals surface area contributed by atoms with Crippen molar-refractivity contribution in [2.24, 2.45) is 5.92 Å². The third-order valence-electron chi connectivity index (χ3n) is 4.24. The van der Waals surface area contributed by atoms with Crippen LogP contribution in [0.2, 0.25) is 0 Å². The second-order valence-corrected chi connectivity index (χ2v) is 7.04. The zero-order chi connectivity index (χ0) is 19.2. The number of carbonyl (C=O) groups excluding carboxylic acids is 3. The SMILES string of the molecule is CCOC(=O)C1CCCN(C(=O)Cc2csc(NC(=O)c3ccco3)n2)C1. The first kappa shape index (κ1) is 19.1. The van der Waals surface area contributed by atoms with E-state index in [4.69, 9.17) is 9.15 Å². The highest BCUT2D eigenvalue weighted by molar-refractivity contribution is 7.14. The van der Waals surface area contributed by atoms with Crippen LogP contribution in [0.3, 0.4) is 0 Å². The number of likely N-dealkylation sites (tertiary alicyclic amines) is 1. The number of thiazole rings is 1. The van der Waals surface area contributed by atoms with Crippen LogP contribution in [0.5, 0.6) is 0 Å². The molecule has 9 heteroatoms. The van der Waals surface area contributed by atoms with E-state index in [1.54, 1.807) is 29.3 Å². The number of nitrogens with one attached hydrogen (secondary N) is 1. The topological polar surface area (TPSA) is 102 Å².